The molecular weight excluding hydrogens is 428 g/mol. The third-order valence-corrected chi connectivity index (χ3v) is 7.71. The van der Waals surface area contributed by atoms with Crippen LogP contribution in [0.5, 0.6) is 5.75 Å². The predicted octanol–water partition coefficient (Wildman–Crippen LogP) is 9.82. The number of benzene rings is 2. The first-order valence-electron chi connectivity index (χ1n) is 14.2. The summed E-state index contributed by atoms with van der Waals surface area (Å²) in [6, 6.07) is 16.0. The van der Waals surface area contributed by atoms with Crippen molar-refractivity contribution >= 4 is 11.5 Å². The van der Waals surface area contributed by atoms with Gasteiger partial charge in [0.2, 0.25) is 0 Å². The number of allylic oxidation sites excluding steroid dienone is 2. The van der Waals surface area contributed by atoms with Gasteiger partial charge in [0.25, 0.3) is 0 Å². The smallest absolute Gasteiger partial charge is 0.343 e. The van der Waals surface area contributed by atoms with Crippen molar-refractivity contribution in [2.45, 2.75) is 104 Å². The van der Waals surface area contributed by atoms with Crippen LogP contribution < -0.4 is 4.74 Å². The number of rotatable bonds is 14. The first-order valence-corrected chi connectivity index (χ1v) is 14.2. The van der Waals surface area contributed by atoms with Gasteiger partial charge in [-0.05, 0) is 84.9 Å². The van der Waals surface area contributed by atoms with E-state index in [1.165, 1.54) is 87.3 Å². The van der Waals surface area contributed by atoms with Crippen molar-refractivity contribution in [3.63, 3.8) is 0 Å². The van der Waals surface area contributed by atoms with Crippen LogP contribution in [0.25, 0.3) is 5.57 Å². The highest BCUT2D eigenvalue weighted by atomic mass is 16.5. The van der Waals surface area contributed by atoms with Gasteiger partial charge in [-0.2, -0.15) is 0 Å². The van der Waals surface area contributed by atoms with Crippen molar-refractivity contribution in [1.29, 1.82) is 0 Å². The third-order valence-electron chi connectivity index (χ3n) is 7.71. The standard InChI is InChI=1S/C33H46O2/c1-4-6-8-9-11-13-27-14-24-32(25-15-27)35-33(34)31-22-20-30(21-23-31)29-18-16-28(17-19-29)26(3)12-10-7-5-2/h14-15,18,20-26,28H,4-13,16-17,19H2,1-3H3. The second-order valence-electron chi connectivity index (χ2n) is 10.5. The lowest BCUT2D eigenvalue weighted by Crippen LogP contribution is -2.14. The van der Waals surface area contributed by atoms with Gasteiger partial charge >= 0.3 is 5.97 Å². The summed E-state index contributed by atoms with van der Waals surface area (Å²) in [5.41, 5.74) is 4.57. The lowest BCUT2D eigenvalue weighted by atomic mass is 9.78. The van der Waals surface area contributed by atoms with E-state index < -0.39 is 0 Å². The Kier molecular flexibility index (Phi) is 11.6. The van der Waals surface area contributed by atoms with Crippen LogP contribution in [0, 0.1) is 11.8 Å². The summed E-state index contributed by atoms with van der Waals surface area (Å²) >= 11 is 0. The van der Waals surface area contributed by atoms with Crippen LogP contribution >= 0.6 is 0 Å². The van der Waals surface area contributed by atoms with Crippen LogP contribution in [0.1, 0.15) is 119 Å². The molecule has 3 rings (SSSR count). The molecule has 2 unspecified atom stereocenters. The number of hydrogen-bond donors (Lipinski definition) is 0. The molecule has 0 amide bonds. The van der Waals surface area contributed by atoms with Crippen LogP contribution in [0.2, 0.25) is 0 Å². The van der Waals surface area contributed by atoms with Crippen molar-refractivity contribution in [2.24, 2.45) is 11.8 Å². The van der Waals surface area contributed by atoms with Crippen molar-refractivity contribution in [3.05, 3.63) is 71.3 Å². The molecule has 0 aliphatic heterocycles. The second-order valence-corrected chi connectivity index (χ2v) is 10.5. The molecule has 0 bridgehead atoms. The van der Waals surface area contributed by atoms with Crippen molar-refractivity contribution in [1.82, 2.24) is 0 Å². The minimum absolute atomic E-state index is 0.289. The molecule has 1 aliphatic rings. The highest BCUT2D eigenvalue weighted by Crippen LogP contribution is 2.35. The minimum atomic E-state index is -0.289. The van der Waals surface area contributed by atoms with Gasteiger partial charge in [-0.25, -0.2) is 4.79 Å². The summed E-state index contributed by atoms with van der Waals surface area (Å²) in [6.45, 7) is 6.95. The van der Waals surface area contributed by atoms with Crippen LogP contribution in [-0.4, -0.2) is 5.97 Å². The lowest BCUT2D eigenvalue weighted by Gasteiger charge is -2.27. The summed E-state index contributed by atoms with van der Waals surface area (Å²) in [6.07, 6.45) is 18.9. The first-order chi connectivity index (χ1) is 17.1. The Balaban J connectivity index is 1.47. The second kappa shape index (κ2) is 14.9. The summed E-state index contributed by atoms with van der Waals surface area (Å²) in [4.78, 5) is 12.6. The molecule has 2 nitrogen and oxygen atoms in total. The Hall–Kier alpha value is -2.35. The van der Waals surface area contributed by atoms with Crippen molar-refractivity contribution < 1.29 is 9.53 Å². The molecule has 0 saturated carbocycles. The fourth-order valence-electron chi connectivity index (χ4n) is 5.23. The third kappa shape index (κ3) is 8.98. The van der Waals surface area contributed by atoms with E-state index in [-0.39, 0.29) is 5.97 Å². The first kappa shape index (κ1) is 27.2. The number of esters is 1. The molecule has 35 heavy (non-hydrogen) atoms. The molecule has 2 atom stereocenters. The molecular formula is C33H46O2. The van der Waals surface area contributed by atoms with Crippen LogP contribution in [-0.2, 0) is 6.42 Å². The zero-order valence-corrected chi connectivity index (χ0v) is 22.4. The van der Waals surface area contributed by atoms with Gasteiger partial charge in [0.1, 0.15) is 5.75 Å². The SMILES string of the molecule is CCCCCCCc1ccc(OC(=O)c2ccc(C3=CCC(C(C)CCCCC)CC3)cc2)cc1. The highest BCUT2D eigenvalue weighted by Gasteiger charge is 2.21. The molecule has 0 N–H and O–H groups in total. The van der Waals surface area contributed by atoms with Gasteiger partial charge in [-0.1, -0.05) is 102 Å². The number of hydrogen-bond acceptors (Lipinski definition) is 2. The maximum atomic E-state index is 12.6. The zero-order chi connectivity index (χ0) is 24.9. The van der Waals surface area contributed by atoms with Gasteiger partial charge in [-0.3, -0.25) is 0 Å². The van der Waals surface area contributed by atoms with E-state index in [1.54, 1.807) is 0 Å². The zero-order valence-electron chi connectivity index (χ0n) is 22.4. The van der Waals surface area contributed by atoms with Gasteiger partial charge in [0.15, 0.2) is 0 Å². The monoisotopic (exact) mass is 474 g/mol. The van der Waals surface area contributed by atoms with E-state index in [4.69, 9.17) is 4.74 Å². The number of carbonyl (C=O) groups excluding carboxylic acids is 1. The van der Waals surface area contributed by atoms with Crippen LogP contribution in [0.3, 0.4) is 0 Å². The maximum absolute atomic E-state index is 12.6. The number of carbonyl (C=O) groups is 1. The molecule has 0 aromatic heterocycles. The Bertz CT molecular complexity index is 907. The average molecular weight is 475 g/mol. The lowest BCUT2D eigenvalue weighted by molar-refractivity contribution is 0.0734. The summed E-state index contributed by atoms with van der Waals surface area (Å²) in [5.74, 6) is 1.96. The quantitative estimate of drug-likeness (QED) is 0.155. The molecule has 0 saturated heterocycles. The summed E-state index contributed by atoms with van der Waals surface area (Å²) in [7, 11) is 0. The molecule has 190 valence electrons. The Morgan fingerprint density at radius 3 is 2.23 bits per heavy atom. The Morgan fingerprint density at radius 2 is 1.57 bits per heavy atom. The van der Waals surface area contributed by atoms with E-state index in [0.717, 1.165) is 24.7 Å². The average Bonchev–Trinajstić information content (AvgIpc) is 2.90. The molecule has 0 spiro atoms. The van der Waals surface area contributed by atoms with E-state index in [2.05, 4.69) is 51.1 Å². The van der Waals surface area contributed by atoms with E-state index in [9.17, 15) is 4.79 Å². The molecule has 0 heterocycles. The molecule has 0 fully saturated rings. The van der Waals surface area contributed by atoms with Gasteiger partial charge in [0, 0.05) is 0 Å². The van der Waals surface area contributed by atoms with E-state index >= 15 is 0 Å². The molecule has 0 radical (unpaired) electrons. The summed E-state index contributed by atoms with van der Waals surface area (Å²) < 4.78 is 5.63. The van der Waals surface area contributed by atoms with E-state index in [0.29, 0.717) is 11.3 Å². The number of ether oxygens (including phenoxy) is 1. The maximum Gasteiger partial charge on any atom is 0.343 e. The number of unbranched alkanes of at least 4 members (excludes halogenated alkanes) is 6. The number of aryl methyl sites for hydroxylation is 1. The van der Waals surface area contributed by atoms with E-state index in [1.807, 2.05) is 24.3 Å². The predicted molar refractivity (Wildman–Crippen MR) is 149 cm³/mol. The molecule has 2 aromatic rings. The van der Waals surface area contributed by atoms with Gasteiger partial charge < -0.3 is 4.74 Å². The van der Waals surface area contributed by atoms with Crippen LogP contribution in [0.15, 0.2) is 54.6 Å². The normalized spacial score (nSPS) is 16.5. The molecule has 2 aromatic carbocycles. The fraction of sp³-hybridized carbons (Fsp3) is 0.545. The topological polar surface area (TPSA) is 26.3 Å². The van der Waals surface area contributed by atoms with Crippen LogP contribution in [0.4, 0.5) is 0 Å². The Labute approximate surface area is 214 Å². The molecule has 2 heteroatoms. The largest absolute Gasteiger partial charge is 0.423 e. The molecule has 1 aliphatic carbocycles. The highest BCUT2D eigenvalue weighted by molar-refractivity contribution is 5.91. The minimum Gasteiger partial charge on any atom is -0.423 e. The van der Waals surface area contributed by atoms with Gasteiger partial charge in [-0.15, -0.1) is 0 Å². The van der Waals surface area contributed by atoms with Crippen molar-refractivity contribution in [2.75, 3.05) is 0 Å². The van der Waals surface area contributed by atoms with Crippen molar-refractivity contribution in [3.8, 4) is 5.75 Å². The Morgan fingerprint density at radius 1 is 0.886 bits per heavy atom. The summed E-state index contributed by atoms with van der Waals surface area (Å²) in [5, 5.41) is 0. The van der Waals surface area contributed by atoms with Gasteiger partial charge in [0.05, 0.1) is 5.56 Å². The fourth-order valence-corrected chi connectivity index (χ4v) is 5.23.